The molecule has 3 atom stereocenters. The second-order valence-corrected chi connectivity index (χ2v) is 14.5. The lowest BCUT2D eigenvalue weighted by atomic mass is 9.99. The molecule has 0 aliphatic carbocycles. The van der Waals surface area contributed by atoms with Crippen molar-refractivity contribution in [2.75, 3.05) is 16.8 Å². The summed E-state index contributed by atoms with van der Waals surface area (Å²) in [5.41, 5.74) is 13.1. The highest BCUT2D eigenvalue weighted by atomic mass is 32.2. The predicted molar refractivity (Wildman–Crippen MR) is 214 cm³/mol. The Bertz CT molecular complexity index is 1940. The number of nitrogens with two attached hydrogens (primary N) is 1. The van der Waals surface area contributed by atoms with Crippen LogP contribution in [0, 0.1) is 0 Å². The van der Waals surface area contributed by atoms with Gasteiger partial charge in [-0.2, -0.15) is 0 Å². The van der Waals surface area contributed by atoms with E-state index in [1.807, 2.05) is 66.7 Å². The van der Waals surface area contributed by atoms with Crippen LogP contribution in [-0.4, -0.2) is 33.8 Å². The molecule has 9 nitrogen and oxygen atoms in total. The molecular formula is C44H48N4O5S. The topological polar surface area (TPSA) is 136 Å². The molecule has 1 aromatic heterocycles. The minimum Gasteiger partial charge on any atom is -0.397 e. The third-order valence-electron chi connectivity index (χ3n) is 9.40. The zero-order valence-corrected chi connectivity index (χ0v) is 31.2. The first-order chi connectivity index (χ1) is 26.4. The Morgan fingerprint density at radius 1 is 0.759 bits per heavy atom. The number of aliphatic hydroxyl groups is 1. The highest BCUT2D eigenvalue weighted by molar-refractivity contribution is 7.99. The fourth-order valence-electron chi connectivity index (χ4n) is 6.36. The quantitative estimate of drug-likeness (QED) is 0.0422. The molecular weight excluding hydrogens is 697 g/mol. The van der Waals surface area contributed by atoms with Crippen LogP contribution in [0.2, 0.25) is 0 Å². The minimum absolute atomic E-state index is 0.00295. The van der Waals surface area contributed by atoms with E-state index in [0.29, 0.717) is 37.2 Å². The van der Waals surface area contributed by atoms with Gasteiger partial charge in [0.05, 0.1) is 35.2 Å². The van der Waals surface area contributed by atoms with Crippen molar-refractivity contribution in [2.24, 2.45) is 0 Å². The van der Waals surface area contributed by atoms with Crippen LogP contribution in [0.4, 0.5) is 11.4 Å². The van der Waals surface area contributed by atoms with E-state index in [2.05, 4.69) is 52.0 Å². The molecule has 10 heteroatoms. The molecule has 5 N–H and O–H groups in total. The molecule has 1 aliphatic heterocycles. The van der Waals surface area contributed by atoms with Crippen molar-refractivity contribution in [3.63, 3.8) is 0 Å². The number of rotatable bonds is 17. The number of amides is 2. The third kappa shape index (κ3) is 11.5. The monoisotopic (exact) mass is 744 g/mol. The summed E-state index contributed by atoms with van der Waals surface area (Å²) in [6, 6.07) is 37.5. The number of aromatic nitrogens is 1. The highest BCUT2D eigenvalue weighted by Crippen LogP contribution is 2.39. The maximum Gasteiger partial charge on any atom is 0.224 e. The lowest BCUT2D eigenvalue weighted by molar-refractivity contribution is -0.245. The summed E-state index contributed by atoms with van der Waals surface area (Å²) in [5, 5.41) is 16.4. The fourth-order valence-corrected chi connectivity index (χ4v) is 7.25. The molecule has 2 amide bonds. The molecule has 54 heavy (non-hydrogen) atoms. The predicted octanol–water partition coefficient (Wildman–Crippen LogP) is 8.76. The van der Waals surface area contributed by atoms with Gasteiger partial charge in [-0.25, -0.2) is 4.98 Å². The number of benzene rings is 4. The zero-order chi connectivity index (χ0) is 37.5. The van der Waals surface area contributed by atoms with Crippen molar-refractivity contribution in [1.82, 2.24) is 10.3 Å². The van der Waals surface area contributed by atoms with Gasteiger partial charge in [0.1, 0.15) is 0 Å². The zero-order valence-electron chi connectivity index (χ0n) is 30.4. The van der Waals surface area contributed by atoms with Crippen LogP contribution < -0.4 is 16.4 Å². The van der Waals surface area contributed by atoms with Crippen molar-refractivity contribution in [3.05, 3.63) is 144 Å². The molecule has 0 radical (unpaired) electrons. The normalized spacial score (nSPS) is 16.8. The van der Waals surface area contributed by atoms with Crippen LogP contribution in [0.1, 0.15) is 79.6 Å². The van der Waals surface area contributed by atoms with E-state index in [1.54, 1.807) is 30.1 Å². The lowest BCUT2D eigenvalue weighted by Gasteiger charge is -2.36. The first-order valence-electron chi connectivity index (χ1n) is 18.6. The number of nitrogens with zero attached hydrogens (tertiary/aromatic N) is 1. The number of pyridine rings is 1. The third-order valence-corrected chi connectivity index (χ3v) is 10.5. The Balaban J connectivity index is 0.975. The van der Waals surface area contributed by atoms with Crippen LogP contribution in [0.5, 0.6) is 0 Å². The maximum absolute atomic E-state index is 12.6. The summed E-state index contributed by atoms with van der Waals surface area (Å²) in [7, 11) is 0. The average molecular weight is 745 g/mol. The van der Waals surface area contributed by atoms with Gasteiger partial charge in [0, 0.05) is 43.3 Å². The van der Waals surface area contributed by atoms with Crippen LogP contribution >= 0.6 is 11.8 Å². The molecule has 2 heterocycles. The summed E-state index contributed by atoms with van der Waals surface area (Å²) in [4.78, 5) is 29.3. The number of nitrogens with one attached hydrogen (secondary N) is 2. The van der Waals surface area contributed by atoms with Crippen molar-refractivity contribution in [1.29, 1.82) is 0 Å². The van der Waals surface area contributed by atoms with Gasteiger partial charge in [-0.1, -0.05) is 97.8 Å². The van der Waals surface area contributed by atoms with Gasteiger partial charge in [0.15, 0.2) is 6.29 Å². The van der Waals surface area contributed by atoms with E-state index in [9.17, 15) is 14.7 Å². The van der Waals surface area contributed by atoms with E-state index in [4.69, 9.17) is 15.2 Å². The molecule has 3 unspecified atom stereocenters. The summed E-state index contributed by atoms with van der Waals surface area (Å²) < 4.78 is 13.1. The number of para-hydroxylation sites is 2. The van der Waals surface area contributed by atoms with Gasteiger partial charge in [0.2, 0.25) is 11.8 Å². The highest BCUT2D eigenvalue weighted by Gasteiger charge is 2.32. The Labute approximate surface area is 321 Å². The second-order valence-electron chi connectivity index (χ2n) is 13.5. The number of unbranched alkanes of at least 4 members (excludes halogenated alkanes) is 3. The number of carbonyl (C=O) groups is 2. The summed E-state index contributed by atoms with van der Waals surface area (Å²) >= 11 is 1.68. The molecule has 0 spiro atoms. The Morgan fingerprint density at radius 2 is 1.50 bits per heavy atom. The summed E-state index contributed by atoms with van der Waals surface area (Å²) in [6.07, 6.45) is 5.97. The number of hydrogen-bond donors (Lipinski definition) is 4. The summed E-state index contributed by atoms with van der Waals surface area (Å²) in [5.74, 6) is 0.719. The average Bonchev–Trinajstić information content (AvgIpc) is 3.22. The van der Waals surface area contributed by atoms with Gasteiger partial charge >= 0.3 is 0 Å². The first-order valence-corrected chi connectivity index (χ1v) is 19.6. The minimum atomic E-state index is -0.537. The smallest absolute Gasteiger partial charge is 0.224 e. The molecule has 280 valence electrons. The van der Waals surface area contributed by atoms with Crippen molar-refractivity contribution in [2.45, 2.75) is 81.6 Å². The summed E-state index contributed by atoms with van der Waals surface area (Å²) in [6.45, 7) is 0.457. The van der Waals surface area contributed by atoms with Gasteiger partial charge in [0.25, 0.3) is 0 Å². The number of thioether (sulfide) groups is 1. The van der Waals surface area contributed by atoms with Crippen LogP contribution in [0.3, 0.4) is 0 Å². The van der Waals surface area contributed by atoms with E-state index >= 15 is 0 Å². The van der Waals surface area contributed by atoms with E-state index < -0.39 is 6.29 Å². The molecule has 6 rings (SSSR count). The molecule has 0 saturated carbocycles. The Morgan fingerprint density at radius 3 is 2.24 bits per heavy atom. The van der Waals surface area contributed by atoms with E-state index in [-0.39, 0.29) is 30.6 Å². The standard InChI is InChI=1S/C44H48N4O5S/c45-38-12-5-6-13-39(38)48-42(51)15-4-2-1-3-14-41(50)47-28-32-10-9-11-36(26-32)33-21-23-35(24-22-33)44-52-37(30-54-43-16-7-8-25-46-43)27-40(53-44)34-19-17-31(29-49)18-20-34/h5-13,16-26,37,40,44,49H,1-4,14-15,27-30,45H2,(H,47,50)(H,48,51). The molecule has 1 aliphatic rings. The van der Waals surface area contributed by atoms with Gasteiger partial charge in [-0.15, -0.1) is 11.8 Å². The molecule has 0 bridgehead atoms. The van der Waals surface area contributed by atoms with Gasteiger partial charge < -0.3 is 30.9 Å². The van der Waals surface area contributed by atoms with Crippen LogP contribution in [0.25, 0.3) is 11.1 Å². The number of hydrogen-bond acceptors (Lipinski definition) is 8. The number of aliphatic hydroxyl groups excluding tert-OH is 1. The van der Waals surface area contributed by atoms with E-state index in [1.165, 1.54) is 0 Å². The van der Waals surface area contributed by atoms with E-state index in [0.717, 1.165) is 69.8 Å². The van der Waals surface area contributed by atoms with Crippen LogP contribution in [0.15, 0.2) is 126 Å². The molecule has 4 aromatic carbocycles. The first kappa shape index (κ1) is 38.7. The lowest BCUT2D eigenvalue weighted by Crippen LogP contribution is -2.31. The van der Waals surface area contributed by atoms with Gasteiger partial charge in [-0.05, 0) is 71.0 Å². The number of ether oxygens (including phenoxy) is 2. The van der Waals surface area contributed by atoms with Crippen molar-refractivity contribution < 1.29 is 24.2 Å². The molecule has 5 aromatic rings. The SMILES string of the molecule is Nc1ccccc1NC(=O)CCCCCCC(=O)NCc1cccc(-c2ccc(C3OC(CSc4ccccn4)CC(c4ccc(CO)cc4)O3)cc2)c1. The van der Waals surface area contributed by atoms with Crippen molar-refractivity contribution >= 4 is 35.0 Å². The Hall–Kier alpha value is -5.00. The maximum atomic E-state index is 12.6. The fraction of sp³-hybridized carbons (Fsp3) is 0.295. The number of anilines is 2. The Kier molecular flexibility index (Phi) is 14.3. The van der Waals surface area contributed by atoms with Gasteiger partial charge in [-0.3, -0.25) is 9.59 Å². The largest absolute Gasteiger partial charge is 0.397 e. The van der Waals surface area contributed by atoms with Crippen LogP contribution in [-0.2, 0) is 32.2 Å². The van der Waals surface area contributed by atoms with Crippen molar-refractivity contribution in [3.8, 4) is 11.1 Å². The molecule has 1 saturated heterocycles. The second kappa shape index (κ2) is 19.9. The molecule has 1 fully saturated rings. The number of nitrogen functional groups attached to an aromatic ring is 1. The number of carbonyl (C=O) groups excluding carboxylic acids is 2.